The van der Waals surface area contributed by atoms with Crippen LogP contribution in [0.25, 0.3) is 11.3 Å². The van der Waals surface area contributed by atoms with E-state index in [9.17, 15) is 13.2 Å². The fourth-order valence-electron chi connectivity index (χ4n) is 2.63. The summed E-state index contributed by atoms with van der Waals surface area (Å²) in [5, 5.41) is 6.97. The molecule has 1 fully saturated rings. The molecule has 0 unspecified atom stereocenters. The highest BCUT2D eigenvalue weighted by Crippen LogP contribution is 2.28. The predicted molar refractivity (Wildman–Crippen MR) is 83.5 cm³/mol. The second kappa shape index (κ2) is 5.93. The van der Waals surface area contributed by atoms with Crippen LogP contribution in [-0.4, -0.2) is 52.1 Å². The summed E-state index contributed by atoms with van der Waals surface area (Å²) in [4.78, 5) is 10.4. The van der Waals surface area contributed by atoms with Crippen LogP contribution in [0.3, 0.4) is 0 Å². The molecule has 0 saturated carbocycles. The van der Waals surface area contributed by atoms with Gasteiger partial charge < -0.3 is 16.0 Å². The lowest BCUT2D eigenvalue weighted by Crippen LogP contribution is -2.57. The summed E-state index contributed by atoms with van der Waals surface area (Å²) in [6.07, 6.45) is -2.96. The molecule has 3 rings (SSSR count). The van der Waals surface area contributed by atoms with E-state index in [0.717, 1.165) is 17.8 Å². The molecule has 130 valence electrons. The first-order valence-corrected chi connectivity index (χ1v) is 7.43. The van der Waals surface area contributed by atoms with Crippen LogP contribution in [0.4, 0.5) is 24.9 Å². The second-order valence-corrected chi connectivity index (χ2v) is 5.78. The maximum absolute atomic E-state index is 12.6. The van der Waals surface area contributed by atoms with Gasteiger partial charge in [0, 0.05) is 36.5 Å². The highest BCUT2D eigenvalue weighted by Gasteiger charge is 2.30. The third-order valence-electron chi connectivity index (χ3n) is 4.05. The van der Waals surface area contributed by atoms with Crippen LogP contribution >= 0.6 is 0 Å². The number of nitrogens with one attached hydrogen (secondary N) is 1. The Morgan fingerprint density at radius 2 is 2.04 bits per heavy atom. The Morgan fingerprint density at radius 1 is 1.33 bits per heavy atom. The molecule has 0 aliphatic carbocycles. The van der Waals surface area contributed by atoms with Crippen molar-refractivity contribution in [3.63, 3.8) is 0 Å². The van der Waals surface area contributed by atoms with E-state index >= 15 is 0 Å². The zero-order valence-corrected chi connectivity index (χ0v) is 13.3. The summed E-state index contributed by atoms with van der Waals surface area (Å²) in [5.74, 6) is 0.741. The number of hydrogen-bond acceptors (Lipinski definition) is 6. The van der Waals surface area contributed by atoms with Crippen LogP contribution in [0.5, 0.6) is 0 Å². The molecule has 2 aromatic heterocycles. The molecule has 0 spiro atoms. The fraction of sp³-hybridized carbons (Fsp3) is 0.500. The predicted octanol–water partition coefficient (Wildman–Crippen LogP) is 1.20. The Balaban J connectivity index is 1.89. The third kappa shape index (κ3) is 3.28. The molecule has 3 heterocycles. The SMILES string of the molecule is CNC1CN(c2cc(-c3cnn(CC(F)(F)F)c3C)nc(N)n2)C1. The molecule has 1 aliphatic rings. The number of likely N-dealkylation sites (N-methyl/N-ethyl adjacent to an activating group) is 1. The zero-order valence-electron chi connectivity index (χ0n) is 13.3. The Morgan fingerprint density at radius 3 is 2.67 bits per heavy atom. The number of nitrogens with two attached hydrogens (primary N) is 1. The summed E-state index contributed by atoms with van der Waals surface area (Å²) in [7, 11) is 1.89. The Labute approximate surface area is 136 Å². The second-order valence-electron chi connectivity index (χ2n) is 5.78. The molecule has 2 aromatic rings. The molecule has 0 amide bonds. The number of anilines is 2. The largest absolute Gasteiger partial charge is 0.408 e. The van der Waals surface area contributed by atoms with Gasteiger partial charge in [0.05, 0.1) is 11.9 Å². The maximum Gasteiger partial charge on any atom is 0.408 e. The lowest BCUT2D eigenvalue weighted by atomic mass is 10.1. The standard InChI is InChI=1S/C14H18F3N7/c1-8-10(4-20-24(8)7-14(15,16)17)11-3-12(22-13(18)21-11)23-5-9(6-23)19-2/h3-4,9,19H,5-7H2,1-2H3,(H2,18,21,22). The fourth-order valence-corrected chi connectivity index (χ4v) is 2.63. The van der Waals surface area contributed by atoms with Crippen LogP contribution in [0, 0.1) is 6.92 Å². The molecule has 24 heavy (non-hydrogen) atoms. The summed E-state index contributed by atoms with van der Waals surface area (Å²) in [5.41, 5.74) is 7.13. The van der Waals surface area contributed by atoms with E-state index in [-0.39, 0.29) is 5.95 Å². The van der Waals surface area contributed by atoms with Crippen molar-refractivity contribution in [3.8, 4) is 11.3 Å². The van der Waals surface area contributed by atoms with Crippen molar-refractivity contribution in [1.82, 2.24) is 25.1 Å². The van der Waals surface area contributed by atoms with Gasteiger partial charge in [-0.1, -0.05) is 0 Å². The molecule has 0 aromatic carbocycles. The zero-order chi connectivity index (χ0) is 17.5. The minimum atomic E-state index is -4.33. The van der Waals surface area contributed by atoms with E-state index < -0.39 is 12.7 Å². The van der Waals surface area contributed by atoms with E-state index in [0.29, 0.717) is 28.8 Å². The van der Waals surface area contributed by atoms with Gasteiger partial charge in [-0.05, 0) is 14.0 Å². The number of alkyl halides is 3. The van der Waals surface area contributed by atoms with Gasteiger partial charge in [0.2, 0.25) is 5.95 Å². The molecule has 10 heteroatoms. The van der Waals surface area contributed by atoms with E-state index in [1.54, 1.807) is 13.0 Å². The summed E-state index contributed by atoms with van der Waals surface area (Å²) in [6.45, 7) is 2.02. The van der Waals surface area contributed by atoms with Crippen molar-refractivity contribution in [1.29, 1.82) is 0 Å². The smallest absolute Gasteiger partial charge is 0.368 e. The number of nitrogen functional groups attached to an aromatic ring is 1. The summed E-state index contributed by atoms with van der Waals surface area (Å²) < 4.78 is 38.6. The number of aromatic nitrogens is 4. The van der Waals surface area contributed by atoms with Crippen molar-refractivity contribution >= 4 is 11.8 Å². The first kappa shape index (κ1) is 16.5. The lowest BCUT2D eigenvalue weighted by molar-refractivity contribution is -0.142. The van der Waals surface area contributed by atoms with Crippen LogP contribution in [0.2, 0.25) is 0 Å². The Kier molecular flexibility index (Phi) is 4.08. The van der Waals surface area contributed by atoms with E-state index in [1.165, 1.54) is 6.20 Å². The van der Waals surface area contributed by atoms with Gasteiger partial charge in [-0.25, -0.2) is 4.98 Å². The van der Waals surface area contributed by atoms with Crippen LogP contribution < -0.4 is 16.0 Å². The third-order valence-corrected chi connectivity index (χ3v) is 4.05. The number of halogens is 3. The van der Waals surface area contributed by atoms with Crippen molar-refractivity contribution in [2.45, 2.75) is 25.7 Å². The summed E-state index contributed by atoms with van der Waals surface area (Å²) in [6, 6.07) is 2.12. The monoisotopic (exact) mass is 341 g/mol. The summed E-state index contributed by atoms with van der Waals surface area (Å²) >= 11 is 0. The highest BCUT2D eigenvalue weighted by molar-refractivity contribution is 5.66. The number of nitrogens with zero attached hydrogens (tertiary/aromatic N) is 5. The van der Waals surface area contributed by atoms with E-state index in [1.807, 2.05) is 11.9 Å². The van der Waals surface area contributed by atoms with Gasteiger partial charge in [-0.15, -0.1) is 0 Å². The Hall–Kier alpha value is -2.36. The maximum atomic E-state index is 12.6. The van der Waals surface area contributed by atoms with Crippen molar-refractivity contribution in [2.75, 3.05) is 30.8 Å². The van der Waals surface area contributed by atoms with Gasteiger partial charge in [0.15, 0.2) is 0 Å². The van der Waals surface area contributed by atoms with Crippen molar-refractivity contribution in [2.24, 2.45) is 0 Å². The van der Waals surface area contributed by atoms with Crippen molar-refractivity contribution in [3.05, 3.63) is 18.0 Å². The number of rotatable bonds is 4. The minimum Gasteiger partial charge on any atom is -0.368 e. The Bertz CT molecular complexity index is 734. The van der Waals surface area contributed by atoms with Gasteiger partial charge >= 0.3 is 6.18 Å². The van der Waals surface area contributed by atoms with Gasteiger partial charge in [-0.2, -0.15) is 23.3 Å². The minimum absolute atomic E-state index is 0.0818. The first-order valence-electron chi connectivity index (χ1n) is 7.43. The van der Waals surface area contributed by atoms with Crippen LogP contribution in [0.15, 0.2) is 12.3 Å². The first-order chi connectivity index (χ1) is 11.3. The molecule has 1 saturated heterocycles. The molecule has 0 radical (unpaired) electrons. The van der Waals surface area contributed by atoms with E-state index in [4.69, 9.17) is 5.73 Å². The number of hydrogen-bond donors (Lipinski definition) is 2. The lowest BCUT2D eigenvalue weighted by Gasteiger charge is -2.40. The highest BCUT2D eigenvalue weighted by atomic mass is 19.4. The van der Waals surface area contributed by atoms with Gasteiger partial charge in [0.25, 0.3) is 0 Å². The van der Waals surface area contributed by atoms with E-state index in [2.05, 4.69) is 20.4 Å². The van der Waals surface area contributed by atoms with Gasteiger partial charge in [0.1, 0.15) is 12.4 Å². The molecule has 7 nitrogen and oxygen atoms in total. The molecule has 0 atom stereocenters. The van der Waals surface area contributed by atoms with Gasteiger partial charge in [-0.3, -0.25) is 4.68 Å². The van der Waals surface area contributed by atoms with Crippen LogP contribution in [-0.2, 0) is 6.54 Å². The quantitative estimate of drug-likeness (QED) is 0.869. The topological polar surface area (TPSA) is 84.9 Å². The average Bonchev–Trinajstić information content (AvgIpc) is 2.76. The molecule has 1 aliphatic heterocycles. The molecular weight excluding hydrogens is 323 g/mol. The molecular formula is C14H18F3N7. The molecule has 3 N–H and O–H groups in total. The molecule has 0 bridgehead atoms. The average molecular weight is 341 g/mol. The van der Waals surface area contributed by atoms with Crippen molar-refractivity contribution < 1.29 is 13.2 Å². The van der Waals surface area contributed by atoms with Crippen LogP contribution in [0.1, 0.15) is 5.69 Å². The normalized spacial score (nSPS) is 15.6.